The van der Waals surface area contributed by atoms with Gasteiger partial charge in [0, 0.05) is 12.3 Å². The van der Waals surface area contributed by atoms with Crippen molar-refractivity contribution in [2.75, 3.05) is 0 Å². The Balaban J connectivity index is 1.95. The van der Waals surface area contributed by atoms with Gasteiger partial charge in [-0.15, -0.1) is 0 Å². The number of hydrogen-bond donors (Lipinski definition) is 0. The largest absolute Gasteiger partial charge is 0.299 e. The fourth-order valence-corrected chi connectivity index (χ4v) is 2.82. The molecular formula is C16H22O. The maximum absolute atomic E-state index is 11.8. The Hall–Kier alpha value is -1.11. The average Bonchev–Trinajstić information content (AvgIpc) is 2.30. The third-order valence-corrected chi connectivity index (χ3v) is 3.94. The zero-order valence-electron chi connectivity index (χ0n) is 11.0. The molecule has 1 aromatic rings. The smallest absolute Gasteiger partial charge is 0.135 e. The molecule has 17 heavy (non-hydrogen) atoms. The fourth-order valence-electron chi connectivity index (χ4n) is 2.82. The lowest BCUT2D eigenvalue weighted by molar-refractivity contribution is -0.124. The molecule has 0 spiro atoms. The molecule has 0 aromatic heterocycles. The van der Waals surface area contributed by atoms with Gasteiger partial charge in [-0.05, 0) is 50.7 Å². The molecule has 0 radical (unpaired) electrons. The van der Waals surface area contributed by atoms with E-state index in [4.69, 9.17) is 0 Å². The predicted molar refractivity (Wildman–Crippen MR) is 71.2 cm³/mol. The number of ketones is 1. The first-order valence-corrected chi connectivity index (χ1v) is 6.75. The number of Topliss-reactive ketones (excluding diaryl/α,β-unsaturated/α-hetero) is 1. The highest BCUT2D eigenvalue weighted by molar-refractivity contribution is 5.81. The van der Waals surface area contributed by atoms with Crippen molar-refractivity contribution in [3.8, 4) is 0 Å². The number of benzene rings is 1. The molecule has 1 heteroatoms. The Kier molecular flexibility index (Phi) is 3.98. The van der Waals surface area contributed by atoms with Crippen LogP contribution in [0.3, 0.4) is 0 Å². The lowest BCUT2D eigenvalue weighted by atomic mass is 9.83. The number of aryl methyl sites for hydroxylation is 3. The average molecular weight is 230 g/mol. The summed E-state index contributed by atoms with van der Waals surface area (Å²) in [5.41, 5.74) is 4.10. The molecular weight excluding hydrogens is 208 g/mol. The molecule has 1 unspecified atom stereocenters. The van der Waals surface area contributed by atoms with E-state index in [9.17, 15) is 4.79 Å². The molecule has 1 saturated carbocycles. The van der Waals surface area contributed by atoms with Crippen molar-refractivity contribution >= 4 is 5.78 Å². The van der Waals surface area contributed by atoms with Crippen LogP contribution in [0.15, 0.2) is 18.2 Å². The van der Waals surface area contributed by atoms with Crippen molar-refractivity contribution in [2.24, 2.45) is 5.92 Å². The van der Waals surface area contributed by atoms with Crippen molar-refractivity contribution in [2.45, 2.75) is 52.4 Å². The third-order valence-electron chi connectivity index (χ3n) is 3.94. The highest BCUT2D eigenvalue weighted by Crippen LogP contribution is 2.25. The van der Waals surface area contributed by atoms with E-state index in [1.807, 2.05) is 0 Å². The summed E-state index contributed by atoms with van der Waals surface area (Å²) in [6.07, 6.45) is 6.38. The van der Waals surface area contributed by atoms with Gasteiger partial charge >= 0.3 is 0 Å². The second-order valence-electron chi connectivity index (χ2n) is 5.38. The monoisotopic (exact) mass is 230 g/mol. The highest BCUT2D eigenvalue weighted by atomic mass is 16.1. The van der Waals surface area contributed by atoms with Gasteiger partial charge in [0.2, 0.25) is 0 Å². The van der Waals surface area contributed by atoms with E-state index in [1.165, 1.54) is 23.1 Å². The summed E-state index contributed by atoms with van der Waals surface area (Å²) in [6, 6.07) is 6.63. The Bertz CT molecular complexity index is 406. The quantitative estimate of drug-likeness (QED) is 0.767. The van der Waals surface area contributed by atoms with Crippen molar-refractivity contribution < 1.29 is 4.79 Å². The second-order valence-corrected chi connectivity index (χ2v) is 5.38. The summed E-state index contributed by atoms with van der Waals surface area (Å²) in [5.74, 6) is 0.838. The first kappa shape index (κ1) is 12.3. The van der Waals surface area contributed by atoms with Crippen LogP contribution in [0, 0.1) is 19.8 Å². The molecule has 1 atom stereocenters. The summed E-state index contributed by atoms with van der Waals surface area (Å²) in [6.45, 7) is 4.30. The van der Waals surface area contributed by atoms with Crippen LogP contribution in [0.25, 0.3) is 0 Å². The van der Waals surface area contributed by atoms with Gasteiger partial charge in [-0.3, -0.25) is 4.79 Å². The summed E-state index contributed by atoms with van der Waals surface area (Å²) in [7, 11) is 0. The van der Waals surface area contributed by atoms with E-state index in [0.717, 1.165) is 32.1 Å². The van der Waals surface area contributed by atoms with Crippen LogP contribution >= 0.6 is 0 Å². The summed E-state index contributed by atoms with van der Waals surface area (Å²) < 4.78 is 0. The first-order valence-electron chi connectivity index (χ1n) is 6.75. The normalized spacial score (nSPS) is 20.6. The number of hydrogen-bond acceptors (Lipinski definition) is 1. The molecule has 0 heterocycles. The Morgan fingerprint density at radius 3 is 2.76 bits per heavy atom. The van der Waals surface area contributed by atoms with Crippen LogP contribution in [0.5, 0.6) is 0 Å². The second kappa shape index (κ2) is 5.48. The molecule has 92 valence electrons. The molecule has 1 aliphatic carbocycles. The minimum atomic E-state index is 0.337. The van der Waals surface area contributed by atoms with E-state index >= 15 is 0 Å². The maximum atomic E-state index is 11.8. The lowest BCUT2D eigenvalue weighted by Gasteiger charge is -2.20. The van der Waals surface area contributed by atoms with Crippen molar-refractivity contribution in [3.63, 3.8) is 0 Å². The van der Waals surface area contributed by atoms with Crippen LogP contribution in [0.2, 0.25) is 0 Å². The molecule has 0 bridgehead atoms. The van der Waals surface area contributed by atoms with E-state index in [2.05, 4.69) is 32.0 Å². The molecule has 1 aromatic carbocycles. The van der Waals surface area contributed by atoms with Gasteiger partial charge < -0.3 is 0 Å². The molecule has 0 saturated heterocycles. The minimum Gasteiger partial charge on any atom is -0.299 e. The Labute approximate surface area is 104 Å². The summed E-state index contributed by atoms with van der Waals surface area (Å²) in [4.78, 5) is 11.8. The van der Waals surface area contributed by atoms with Gasteiger partial charge in [-0.2, -0.15) is 0 Å². The molecule has 1 aliphatic rings. The van der Waals surface area contributed by atoms with Crippen LogP contribution in [0.1, 0.15) is 48.8 Å². The van der Waals surface area contributed by atoms with Gasteiger partial charge in [0.1, 0.15) is 5.78 Å². The van der Waals surface area contributed by atoms with E-state index in [0.29, 0.717) is 11.7 Å². The van der Waals surface area contributed by atoms with Gasteiger partial charge in [0.25, 0.3) is 0 Å². The van der Waals surface area contributed by atoms with Crippen LogP contribution in [0.4, 0.5) is 0 Å². The number of carbonyl (C=O) groups excluding carboxylic acids is 1. The van der Waals surface area contributed by atoms with E-state index < -0.39 is 0 Å². The lowest BCUT2D eigenvalue weighted by Crippen LogP contribution is -2.19. The fraction of sp³-hybridized carbons (Fsp3) is 0.562. The van der Waals surface area contributed by atoms with Crippen LogP contribution < -0.4 is 0 Å². The molecule has 0 amide bonds. The zero-order chi connectivity index (χ0) is 12.3. The van der Waals surface area contributed by atoms with Gasteiger partial charge in [0.15, 0.2) is 0 Å². The van der Waals surface area contributed by atoms with Crippen molar-refractivity contribution in [3.05, 3.63) is 34.9 Å². The molecule has 1 nitrogen and oxygen atoms in total. The van der Waals surface area contributed by atoms with Crippen molar-refractivity contribution in [1.29, 1.82) is 0 Å². The van der Waals surface area contributed by atoms with Gasteiger partial charge in [-0.1, -0.05) is 30.2 Å². The van der Waals surface area contributed by atoms with E-state index in [-0.39, 0.29) is 0 Å². The van der Waals surface area contributed by atoms with Gasteiger partial charge in [0.05, 0.1) is 0 Å². The number of rotatable bonds is 3. The van der Waals surface area contributed by atoms with Crippen LogP contribution in [-0.2, 0) is 11.2 Å². The van der Waals surface area contributed by atoms with Gasteiger partial charge in [-0.25, -0.2) is 0 Å². The summed E-state index contributed by atoms with van der Waals surface area (Å²) in [5, 5.41) is 0. The number of carbonyl (C=O) groups is 1. The predicted octanol–water partition coefficient (Wildman–Crippen LogP) is 4.00. The summed E-state index contributed by atoms with van der Waals surface area (Å²) >= 11 is 0. The Morgan fingerprint density at radius 1 is 1.24 bits per heavy atom. The van der Waals surface area contributed by atoms with Crippen molar-refractivity contribution in [1.82, 2.24) is 0 Å². The molecule has 1 fully saturated rings. The zero-order valence-corrected chi connectivity index (χ0v) is 11.0. The van der Waals surface area contributed by atoms with Crippen LogP contribution in [-0.4, -0.2) is 5.78 Å². The standard InChI is InChI=1S/C16H22O/c1-12-7-8-14(13(2)11-12)9-10-15-5-3-4-6-16(15)17/h7-8,11,15H,3-6,9-10H2,1-2H3. The first-order chi connectivity index (χ1) is 8.16. The topological polar surface area (TPSA) is 17.1 Å². The molecule has 2 rings (SSSR count). The Morgan fingerprint density at radius 2 is 2.06 bits per heavy atom. The maximum Gasteiger partial charge on any atom is 0.135 e. The highest BCUT2D eigenvalue weighted by Gasteiger charge is 2.21. The van der Waals surface area contributed by atoms with E-state index in [1.54, 1.807) is 0 Å². The molecule has 0 N–H and O–H groups in total. The minimum absolute atomic E-state index is 0.337. The third kappa shape index (κ3) is 3.18. The molecule has 0 aliphatic heterocycles. The SMILES string of the molecule is Cc1ccc(CCC2CCCCC2=O)c(C)c1.